The first-order valence-electron chi connectivity index (χ1n) is 36.3. The molecule has 474 valence electrons. The van der Waals surface area contributed by atoms with Gasteiger partial charge in [0, 0.05) is 65.3 Å². The Morgan fingerprint density at radius 2 is 0.500 bits per heavy atom. The molecule has 0 heterocycles. The molecule has 96 heavy (non-hydrogen) atoms. The number of benzene rings is 16. The molecule has 18 rings (SSSR count). The first kappa shape index (κ1) is 60.1. The summed E-state index contributed by atoms with van der Waals surface area (Å²) in [6.45, 7) is 10.8. The van der Waals surface area contributed by atoms with Crippen LogP contribution in [0, 0.1) is 11.8 Å². The first-order valence-corrected chi connectivity index (χ1v) is 36.3. The maximum absolute atomic E-state index is 13.5. The minimum absolute atomic E-state index is 0.0834. The summed E-state index contributed by atoms with van der Waals surface area (Å²) >= 11 is 0. The van der Waals surface area contributed by atoms with Gasteiger partial charge in [0.1, 0.15) is 11.5 Å². The highest BCUT2D eigenvalue weighted by Crippen LogP contribution is 2.54. The van der Waals surface area contributed by atoms with E-state index in [0.717, 1.165) is 112 Å². The Kier molecular flexibility index (Phi) is 15.5. The predicted molar refractivity (Wildman–Crippen MR) is 409 cm³/mol. The van der Waals surface area contributed by atoms with E-state index in [1.165, 1.54) is 189 Å². The van der Waals surface area contributed by atoms with Gasteiger partial charge in [-0.25, -0.2) is 0 Å². The zero-order valence-electron chi connectivity index (χ0n) is 56.0. The lowest BCUT2D eigenvalue weighted by Gasteiger charge is -2.25. The fourth-order valence-electron chi connectivity index (χ4n) is 17.7. The minimum Gasteiger partial charge on any atom is -0.492 e. The summed E-state index contributed by atoms with van der Waals surface area (Å²) in [5, 5.41) is 29.6. The summed E-state index contributed by atoms with van der Waals surface area (Å²) in [5.74, 6) is 3.45. The van der Waals surface area contributed by atoms with Crippen LogP contribution in [-0.2, 0) is 0 Å². The fraction of sp³-hybridized carbons (Fsp3) is 0.261. The number of rotatable bonds is 22. The lowest BCUT2D eigenvalue weighted by atomic mass is 9.77. The van der Waals surface area contributed by atoms with Crippen molar-refractivity contribution in [2.75, 3.05) is 13.2 Å². The van der Waals surface area contributed by atoms with Gasteiger partial charge in [-0.05, 0) is 170 Å². The molecule has 0 spiro atoms. The maximum Gasteiger partial charge on any atom is 0.194 e. The SMILES string of the molecule is CCCCCCC(CCCC)COc1c2ccccc2c2ccc3c4ccc5c(OCC(CCCC)CCCCCC)c6ccccc6c6ccc(c7ccc1c2c73)c4c56.O=C1c2ccccc2-c2ccc3c4ccc5c6c(ccc(c7ccc1c2c73)c64)-c1ccccc1C5=O. The molecule has 0 aliphatic heterocycles. The normalized spacial score (nSPS) is 13.5. The molecule has 2 unspecified atom stereocenters. The number of carbonyl (C=O) groups is 2. The predicted octanol–water partition coefficient (Wildman–Crippen LogP) is 26.3. The third-order valence-corrected chi connectivity index (χ3v) is 22.4. The van der Waals surface area contributed by atoms with Crippen molar-refractivity contribution >= 4 is 141 Å². The number of unbranched alkanes of at least 4 members (excludes halogenated alkanes) is 8. The van der Waals surface area contributed by atoms with Crippen LogP contribution in [-0.4, -0.2) is 24.8 Å². The maximum atomic E-state index is 13.5. The molecule has 4 nitrogen and oxygen atoms in total. The van der Waals surface area contributed by atoms with Gasteiger partial charge in [0.15, 0.2) is 11.6 Å². The zero-order chi connectivity index (χ0) is 64.7. The van der Waals surface area contributed by atoms with Crippen LogP contribution in [0.25, 0.3) is 152 Å². The van der Waals surface area contributed by atoms with Crippen LogP contribution in [0.15, 0.2) is 194 Å². The van der Waals surface area contributed by atoms with Crippen LogP contribution < -0.4 is 9.47 Å². The largest absolute Gasteiger partial charge is 0.492 e. The van der Waals surface area contributed by atoms with E-state index < -0.39 is 0 Å². The number of hydrogen-bond donors (Lipinski definition) is 0. The lowest BCUT2D eigenvalue weighted by molar-refractivity contribution is 0.103. The van der Waals surface area contributed by atoms with Gasteiger partial charge in [0.25, 0.3) is 0 Å². The number of hydrogen-bond acceptors (Lipinski definition) is 4. The first-order chi connectivity index (χ1) is 47.4. The van der Waals surface area contributed by atoms with E-state index in [-0.39, 0.29) is 11.6 Å². The van der Waals surface area contributed by atoms with Crippen molar-refractivity contribution in [1.82, 2.24) is 0 Å². The minimum atomic E-state index is 0.0834. The second-order valence-corrected chi connectivity index (χ2v) is 28.1. The number of ether oxygens (including phenoxy) is 2. The standard InChI is InChI=1S/C58H66O2.C34H16O2/c1-5-9-13-15-23-39(21-11-7-3)37-59-57-49-27-19-17-25-41(49)43-29-31-45-48-34-36-52-56-44(30-32-46(54(48)56)47-33-35-51(57)55(43)53(45)47)42-26-18-20-28-50(42)58(52)60-38-40(22-12-8-4)24-16-14-10-6-2;35-33-25-7-3-1-5-17(25)19-9-11-21-24-14-16-28-32-20(18-6-2-4-8-26(18)34(28)36)10-12-22(30(24)32)23-13-15-27(33)31(19)29(21)23/h17-20,25-36,39-40H,5-16,21-24,37-38H2,1-4H3;1-16H. The Labute approximate surface area is 562 Å². The molecule has 2 aliphatic rings. The molecule has 0 N–H and O–H groups in total. The van der Waals surface area contributed by atoms with Crippen LogP contribution in [0.2, 0.25) is 0 Å². The molecule has 0 bridgehead atoms. The quantitative estimate of drug-likeness (QED) is 0.0385. The van der Waals surface area contributed by atoms with Crippen LogP contribution in [0.5, 0.6) is 11.5 Å². The van der Waals surface area contributed by atoms with Crippen LogP contribution in [0.3, 0.4) is 0 Å². The highest BCUT2D eigenvalue weighted by atomic mass is 16.5. The zero-order valence-corrected chi connectivity index (χ0v) is 56.0. The van der Waals surface area contributed by atoms with Crippen molar-refractivity contribution in [2.45, 2.75) is 130 Å². The second-order valence-electron chi connectivity index (χ2n) is 28.1. The van der Waals surface area contributed by atoms with Gasteiger partial charge in [-0.3, -0.25) is 9.59 Å². The summed E-state index contributed by atoms with van der Waals surface area (Å²) in [7, 11) is 0. The van der Waals surface area contributed by atoms with E-state index in [4.69, 9.17) is 9.47 Å². The van der Waals surface area contributed by atoms with Gasteiger partial charge in [-0.1, -0.05) is 275 Å². The van der Waals surface area contributed by atoms with Crippen molar-refractivity contribution in [3.63, 3.8) is 0 Å². The fourth-order valence-corrected chi connectivity index (χ4v) is 17.7. The van der Waals surface area contributed by atoms with E-state index in [1.54, 1.807) is 0 Å². The summed E-state index contributed by atoms with van der Waals surface area (Å²) in [5.41, 5.74) is 7.27. The van der Waals surface area contributed by atoms with Crippen molar-refractivity contribution < 1.29 is 19.1 Å². The van der Waals surface area contributed by atoms with Crippen LogP contribution in [0.4, 0.5) is 0 Å². The summed E-state index contributed by atoms with van der Waals surface area (Å²) in [6, 6.07) is 69.8. The Morgan fingerprint density at radius 3 is 0.865 bits per heavy atom. The van der Waals surface area contributed by atoms with E-state index in [1.807, 2.05) is 60.7 Å². The number of ketones is 2. The molecule has 0 saturated heterocycles. The molecular formula is C92H82O4. The van der Waals surface area contributed by atoms with Gasteiger partial charge in [0.05, 0.1) is 13.2 Å². The molecule has 16 aromatic rings. The molecule has 0 aromatic heterocycles. The smallest absolute Gasteiger partial charge is 0.194 e. The molecule has 2 aliphatic carbocycles. The number of fused-ring (bicyclic) bond motifs is 12. The van der Waals surface area contributed by atoms with Gasteiger partial charge in [-0.2, -0.15) is 0 Å². The molecule has 16 aromatic carbocycles. The Bertz CT molecular complexity index is 5340. The third kappa shape index (κ3) is 9.50. The molecule has 0 fully saturated rings. The molecule has 0 radical (unpaired) electrons. The average Bonchev–Trinajstić information content (AvgIpc) is 0.695. The molecule has 4 heteroatoms. The molecule has 0 saturated carbocycles. The van der Waals surface area contributed by atoms with Crippen molar-refractivity contribution in [1.29, 1.82) is 0 Å². The Hall–Kier alpha value is -9.64. The third-order valence-electron chi connectivity index (χ3n) is 22.4. The lowest BCUT2D eigenvalue weighted by Crippen LogP contribution is -2.13. The van der Waals surface area contributed by atoms with Crippen molar-refractivity contribution in [3.8, 4) is 33.8 Å². The van der Waals surface area contributed by atoms with Gasteiger partial charge in [0.2, 0.25) is 0 Å². The van der Waals surface area contributed by atoms with Crippen molar-refractivity contribution in [2.24, 2.45) is 11.8 Å². The Balaban J connectivity index is 0.000000163. The van der Waals surface area contributed by atoms with Gasteiger partial charge in [-0.15, -0.1) is 0 Å². The van der Waals surface area contributed by atoms with E-state index >= 15 is 0 Å². The van der Waals surface area contributed by atoms with Crippen molar-refractivity contribution in [3.05, 3.63) is 216 Å². The van der Waals surface area contributed by atoms with E-state index in [2.05, 4.69) is 161 Å². The molecular weight excluding hydrogens is 1170 g/mol. The van der Waals surface area contributed by atoms with Gasteiger partial charge >= 0.3 is 0 Å². The molecule has 2 atom stereocenters. The van der Waals surface area contributed by atoms with Gasteiger partial charge < -0.3 is 9.47 Å². The summed E-state index contributed by atoms with van der Waals surface area (Å²) in [4.78, 5) is 27.0. The molecule has 0 amide bonds. The summed E-state index contributed by atoms with van der Waals surface area (Å²) in [6.07, 6.45) is 20.4. The average molecular weight is 1250 g/mol. The van der Waals surface area contributed by atoms with E-state index in [9.17, 15) is 9.59 Å². The topological polar surface area (TPSA) is 52.6 Å². The summed E-state index contributed by atoms with van der Waals surface area (Å²) < 4.78 is 14.2. The highest BCUT2D eigenvalue weighted by Gasteiger charge is 2.32. The monoisotopic (exact) mass is 1250 g/mol. The highest BCUT2D eigenvalue weighted by molar-refractivity contribution is 6.44. The number of carbonyl (C=O) groups excluding carboxylic acids is 2. The van der Waals surface area contributed by atoms with Crippen LogP contribution in [0.1, 0.15) is 162 Å². The van der Waals surface area contributed by atoms with Crippen LogP contribution >= 0.6 is 0 Å². The van der Waals surface area contributed by atoms with E-state index in [0.29, 0.717) is 11.8 Å². The second kappa shape index (κ2) is 24.8. The Morgan fingerprint density at radius 1 is 0.229 bits per heavy atom.